The monoisotopic (exact) mass is 550 g/mol. The summed E-state index contributed by atoms with van der Waals surface area (Å²) in [5, 5.41) is 8.47. The van der Waals surface area contributed by atoms with Gasteiger partial charge in [0.15, 0.2) is 11.1 Å². The molecule has 204 valence electrons. The molecule has 0 saturated carbocycles. The van der Waals surface area contributed by atoms with E-state index in [1.807, 2.05) is 36.9 Å². The largest absolute Gasteiger partial charge is 0.455 e. The second-order valence-corrected chi connectivity index (χ2v) is 11.3. The van der Waals surface area contributed by atoms with E-state index in [0.29, 0.717) is 41.2 Å². The lowest BCUT2D eigenvalue weighted by molar-refractivity contribution is -0.0286. The fourth-order valence-electron chi connectivity index (χ4n) is 4.54. The maximum atomic E-state index is 13.5. The van der Waals surface area contributed by atoms with E-state index < -0.39 is 11.6 Å². The summed E-state index contributed by atoms with van der Waals surface area (Å²) >= 11 is 6.12. The molecule has 39 heavy (non-hydrogen) atoms. The molecule has 10 heteroatoms. The normalized spacial score (nSPS) is 14.7. The molecule has 5 rings (SSSR count). The molecule has 4 aromatic rings. The van der Waals surface area contributed by atoms with Crippen LogP contribution in [0.3, 0.4) is 0 Å². The van der Waals surface area contributed by atoms with Crippen molar-refractivity contribution < 1.29 is 18.7 Å². The van der Waals surface area contributed by atoms with E-state index in [1.165, 1.54) is 0 Å². The van der Waals surface area contributed by atoms with Gasteiger partial charge in [0.25, 0.3) is 0 Å². The Morgan fingerprint density at radius 1 is 1.23 bits per heavy atom. The van der Waals surface area contributed by atoms with Crippen molar-refractivity contribution >= 4 is 34.2 Å². The van der Waals surface area contributed by atoms with Crippen LogP contribution in [0, 0.1) is 13.8 Å². The fraction of sp³-hybridized carbons (Fsp3) is 0.379. The summed E-state index contributed by atoms with van der Waals surface area (Å²) in [7, 11) is 0. The molecule has 0 unspecified atom stereocenters. The Morgan fingerprint density at radius 3 is 2.64 bits per heavy atom. The van der Waals surface area contributed by atoms with E-state index in [2.05, 4.69) is 15.4 Å². The highest BCUT2D eigenvalue weighted by Gasteiger charge is 2.26. The lowest BCUT2D eigenvalue weighted by Gasteiger charge is -2.25. The molecule has 0 bridgehead atoms. The van der Waals surface area contributed by atoms with Crippen LogP contribution in [0.5, 0.6) is 0 Å². The number of ether oxygens (including phenoxy) is 2. The number of pyridine rings is 1. The second-order valence-electron chi connectivity index (χ2n) is 10.9. The molecule has 1 atom stereocenters. The summed E-state index contributed by atoms with van der Waals surface area (Å²) in [6, 6.07) is 6.90. The molecule has 3 aromatic heterocycles. The summed E-state index contributed by atoms with van der Waals surface area (Å²) in [5.74, 6) is -0.119. The van der Waals surface area contributed by atoms with E-state index >= 15 is 0 Å². The van der Waals surface area contributed by atoms with Crippen LogP contribution in [0.2, 0.25) is 5.15 Å². The quantitative estimate of drug-likeness (QED) is 0.229. The van der Waals surface area contributed by atoms with Gasteiger partial charge in [0, 0.05) is 17.3 Å². The molecule has 1 saturated heterocycles. The molecule has 0 radical (unpaired) electrons. The van der Waals surface area contributed by atoms with Crippen molar-refractivity contribution in [1.82, 2.24) is 14.8 Å². The summed E-state index contributed by atoms with van der Waals surface area (Å²) in [6.45, 7) is 12.2. The lowest BCUT2D eigenvalue weighted by atomic mass is 9.99. The summed E-state index contributed by atoms with van der Waals surface area (Å²) in [6.07, 6.45) is 3.59. The molecule has 0 aliphatic carbocycles. The van der Waals surface area contributed by atoms with E-state index in [1.54, 1.807) is 46.0 Å². The molecule has 1 N–H and O–H groups in total. The third-order valence-electron chi connectivity index (χ3n) is 6.54. The van der Waals surface area contributed by atoms with Crippen LogP contribution >= 0.6 is 11.6 Å². The number of hydrogen-bond acceptors (Lipinski definition) is 8. The standard InChI is InChI=1S/C29H31ClN4O5/c1-15-9-20(17(3)32-22-7-8-23(30)33-24(22)28(36)39-29(4,5)6)27-21(10-15)25(35)16(2)26(38-27)18-11-31-34(12-18)19-13-37-14-19/h7-12,17,19,32H,13-14H2,1-6H3/t17-/m1/s1. The highest BCUT2D eigenvalue weighted by Crippen LogP contribution is 2.33. The first kappa shape index (κ1) is 26.9. The molecular weight excluding hydrogens is 520 g/mol. The van der Waals surface area contributed by atoms with Gasteiger partial charge in [-0.1, -0.05) is 17.7 Å². The van der Waals surface area contributed by atoms with Crippen LogP contribution in [0.25, 0.3) is 22.3 Å². The van der Waals surface area contributed by atoms with Gasteiger partial charge in [0.05, 0.1) is 48.1 Å². The number of rotatable bonds is 6. The fourth-order valence-corrected chi connectivity index (χ4v) is 4.69. The average molecular weight is 551 g/mol. The maximum absolute atomic E-state index is 13.5. The number of aryl methyl sites for hydroxylation is 1. The maximum Gasteiger partial charge on any atom is 0.359 e. The summed E-state index contributed by atoms with van der Waals surface area (Å²) < 4.78 is 19.1. The Balaban J connectivity index is 1.57. The molecule has 9 nitrogen and oxygen atoms in total. The van der Waals surface area contributed by atoms with Crippen LogP contribution in [0.4, 0.5) is 5.69 Å². The Bertz CT molecular complexity index is 1630. The SMILES string of the molecule is Cc1cc([C@@H](C)Nc2ccc(Cl)nc2C(=O)OC(C)(C)C)c2oc(-c3cnn(C4COC4)c3)c(C)c(=O)c2c1. The molecule has 4 heterocycles. The molecule has 1 aliphatic rings. The first-order valence-corrected chi connectivity index (χ1v) is 13.2. The van der Waals surface area contributed by atoms with Gasteiger partial charge < -0.3 is 19.2 Å². The van der Waals surface area contributed by atoms with Gasteiger partial charge in [-0.05, 0) is 65.3 Å². The highest BCUT2D eigenvalue weighted by atomic mass is 35.5. The van der Waals surface area contributed by atoms with Gasteiger partial charge in [-0.15, -0.1) is 0 Å². The number of hydrogen-bond donors (Lipinski definition) is 1. The molecule has 0 amide bonds. The van der Waals surface area contributed by atoms with E-state index in [0.717, 1.165) is 16.7 Å². The van der Waals surface area contributed by atoms with Gasteiger partial charge in [0.2, 0.25) is 0 Å². The Labute approximate surface area is 231 Å². The Kier molecular flexibility index (Phi) is 6.99. The van der Waals surface area contributed by atoms with Crippen molar-refractivity contribution in [2.75, 3.05) is 18.5 Å². The number of anilines is 1. The van der Waals surface area contributed by atoms with Crippen LogP contribution in [0.15, 0.2) is 45.9 Å². The molecule has 1 aliphatic heterocycles. The first-order valence-electron chi connectivity index (χ1n) is 12.8. The van der Waals surface area contributed by atoms with Crippen molar-refractivity contribution in [3.63, 3.8) is 0 Å². The van der Waals surface area contributed by atoms with Gasteiger partial charge in [-0.25, -0.2) is 9.78 Å². The van der Waals surface area contributed by atoms with Gasteiger partial charge >= 0.3 is 5.97 Å². The third kappa shape index (κ3) is 5.42. The predicted molar refractivity (Wildman–Crippen MR) is 149 cm³/mol. The lowest BCUT2D eigenvalue weighted by Crippen LogP contribution is -2.30. The Hall–Kier alpha value is -3.69. The van der Waals surface area contributed by atoms with E-state index in [9.17, 15) is 9.59 Å². The number of nitrogens with one attached hydrogen (secondary N) is 1. The highest BCUT2D eigenvalue weighted by molar-refractivity contribution is 6.29. The van der Waals surface area contributed by atoms with Gasteiger partial charge in [-0.2, -0.15) is 5.10 Å². The van der Waals surface area contributed by atoms with Crippen molar-refractivity contribution in [1.29, 1.82) is 0 Å². The number of carbonyl (C=O) groups is 1. The number of esters is 1. The van der Waals surface area contributed by atoms with Crippen LogP contribution in [0.1, 0.15) is 67.0 Å². The zero-order chi connectivity index (χ0) is 28.1. The van der Waals surface area contributed by atoms with Gasteiger partial charge in [0.1, 0.15) is 22.1 Å². The summed E-state index contributed by atoms with van der Waals surface area (Å²) in [5.41, 5.74) is 3.09. The summed E-state index contributed by atoms with van der Waals surface area (Å²) in [4.78, 5) is 30.7. The first-order chi connectivity index (χ1) is 18.4. The average Bonchev–Trinajstić information content (AvgIpc) is 3.29. The minimum absolute atomic E-state index is 0.0756. The predicted octanol–water partition coefficient (Wildman–Crippen LogP) is 6.02. The molecule has 0 spiro atoms. The smallest absolute Gasteiger partial charge is 0.359 e. The van der Waals surface area contributed by atoms with E-state index in [-0.39, 0.29) is 28.4 Å². The van der Waals surface area contributed by atoms with Crippen LogP contribution < -0.4 is 10.7 Å². The van der Waals surface area contributed by atoms with Crippen molar-refractivity contribution in [2.45, 2.75) is 59.2 Å². The third-order valence-corrected chi connectivity index (χ3v) is 6.75. The number of fused-ring (bicyclic) bond motifs is 1. The van der Waals surface area contributed by atoms with Crippen molar-refractivity contribution in [3.05, 3.63) is 74.4 Å². The molecule has 1 aromatic carbocycles. The van der Waals surface area contributed by atoms with Crippen LogP contribution in [-0.2, 0) is 9.47 Å². The number of nitrogens with zero attached hydrogens (tertiary/aromatic N) is 3. The Morgan fingerprint density at radius 2 is 1.97 bits per heavy atom. The minimum Gasteiger partial charge on any atom is -0.455 e. The van der Waals surface area contributed by atoms with Crippen molar-refractivity contribution in [3.8, 4) is 11.3 Å². The number of aromatic nitrogens is 3. The molecular formula is C29H31ClN4O5. The molecule has 1 fully saturated rings. The van der Waals surface area contributed by atoms with Crippen molar-refractivity contribution in [2.24, 2.45) is 0 Å². The number of halogens is 1. The van der Waals surface area contributed by atoms with E-state index in [4.69, 9.17) is 25.5 Å². The second kappa shape index (κ2) is 10.1. The zero-order valence-electron chi connectivity index (χ0n) is 22.8. The number of benzene rings is 1. The minimum atomic E-state index is -0.701. The topological polar surface area (TPSA) is 108 Å². The van der Waals surface area contributed by atoms with Crippen LogP contribution in [-0.4, -0.2) is 39.5 Å². The van der Waals surface area contributed by atoms with Gasteiger partial charge in [-0.3, -0.25) is 9.48 Å². The number of carbonyl (C=O) groups excluding carboxylic acids is 1. The zero-order valence-corrected chi connectivity index (χ0v) is 23.5.